The highest BCUT2D eigenvalue weighted by molar-refractivity contribution is 9.10. The zero-order chi connectivity index (χ0) is 13.1. The van der Waals surface area contributed by atoms with E-state index >= 15 is 0 Å². The molecular weight excluding hydrogens is 304 g/mol. The lowest BCUT2D eigenvalue weighted by atomic mass is 10.2. The molecule has 2 nitrogen and oxygen atoms in total. The minimum Gasteiger partial charge on any atom is -0.483 e. The molecular formula is C13H10BrF2NO. The van der Waals surface area contributed by atoms with Gasteiger partial charge >= 0.3 is 0 Å². The van der Waals surface area contributed by atoms with E-state index in [-0.39, 0.29) is 12.4 Å². The van der Waals surface area contributed by atoms with Crippen molar-refractivity contribution < 1.29 is 13.5 Å². The van der Waals surface area contributed by atoms with Crippen LogP contribution in [0, 0.1) is 11.6 Å². The standard InChI is InChI=1S/C13H10BrF2NO/c14-9-5-4-8(6-12(9)17)7-18-13-10(15)2-1-3-11(13)16/h1-6H,7,17H2. The summed E-state index contributed by atoms with van der Waals surface area (Å²) in [5.74, 6) is -1.82. The van der Waals surface area contributed by atoms with Crippen LogP contribution in [-0.4, -0.2) is 0 Å². The average molecular weight is 314 g/mol. The molecule has 0 heterocycles. The summed E-state index contributed by atoms with van der Waals surface area (Å²) in [6.45, 7) is 0.0509. The highest BCUT2D eigenvalue weighted by Crippen LogP contribution is 2.24. The van der Waals surface area contributed by atoms with E-state index in [0.29, 0.717) is 5.69 Å². The van der Waals surface area contributed by atoms with E-state index < -0.39 is 11.6 Å². The number of rotatable bonds is 3. The number of nitrogen functional groups attached to an aromatic ring is 1. The summed E-state index contributed by atoms with van der Waals surface area (Å²) < 4.78 is 32.5. The summed E-state index contributed by atoms with van der Waals surface area (Å²) in [5, 5.41) is 0. The third kappa shape index (κ3) is 2.79. The largest absolute Gasteiger partial charge is 0.483 e. The Morgan fingerprint density at radius 2 is 1.78 bits per heavy atom. The smallest absolute Gasteiger partial charge is 0.191 e. The second kappa shape index (κ2) is 5.35. The topological polar surface area (TPSA) is 35.2 Å². The van der Waals surface area contributed by atoms with Crippen molar-refractivity contribution in [3.05, 3.63) is 58.1 Å². The van der Waals surface area contributed by atoms with E-state index in [9.17, 15) is 8.78 Å². The van der Waals surface area contributed by atoms with Gasteiger partial charge in [-0.2, -0.15) is 0 Å². The van der Waals surface area contributed by atoms with Crippen molar-refractivity contribution in [3.8, 4) is 5.75 Å². The number of nitrogens with two attached hydrogens (primary N) is 1. The van der Waals surface area contributed by atoms with Crippen LogP contribution in [0.3, 0.4) is 0 Å². The van der Waals surface area contributed by atoms with Gasteiger partial charge in [-0.25, -0.2) is 8.78 Å². The lowest BCUT2D eigenvalue weighted by Crippen LogP contribution is -2.00. The minimum absolute atomic E-state index is 0.0509. The minimum atomic E-state index is -0.722. The van der Waals surface area contributed by atoms with Crippen molar-refractivity contribution in [2.75, 3.05) is 5.73 Å². The van der Waals surface area contributed by atoms with E-state index in [1.807, 2.05) is 0 Å². The molecule has 0 atom stereocenters. The summed E-state index contributed by atoms with van der Waals surface area (Å²) in [7, 11) is 0. The van der Waals surface area contributed by atoms with Crippen LogP contribution < -0.4 is 10.5 Å². The molecule has 0 radical (unpaired) electrons. The molecule has 0 spiro atoms. The van der Waals surface area contributed by atoms with Gasteiger partial charge in [-0.15, -0.1) is 0 Å². The second-order valence-corrected chi connectivity index (χ2v) is 4.55. The van der Waals surface area contributed by atoms with Crippen molar-refractivity contribution in [2.45, 2.75) is 6.61 Å². The third-order valence-corrected chi connectivity index (χ3v) is 3.08. The van der Waals surface area contributed by atoms with Gasteiger partial charge < -0.3 is 10.5 Å². The van der Waals surface area contributed by atoms with E-state index in [2.05, 4.69) is 15.9 Å². The molecule has 2 rings (SSSR count). The van der Waals surface area contributed by atoms with E-state index in [1.165, 1.54) is 6.07 Å². The molecule has 0 aliphatic heterocycles. The first-order valence-corrected chi connectivity index (χ1v) is 5.98. The van der Waals surface area contributed by atoms with Crippen LogP contribution in [0.5, 0.6) is 5.75 Å². The van der Waals surface area contributed by atoms with Crippen LogP contribution >= 0.6 is 15.9 Å². The Balaban J connectivity index is 2.14. The number of benzene rings is 2. The molecule has 94 valence electrons. The SMILES string of the molecule is Nc1cc(COc2c(F)cccc2F)ccc1Br. The van der Waals surface area contributed by atoms with Crippen LogP contribution in [0.2, 0.25) is 0 Å². The average Bonchev–Trinajstić information content (AvgIpc) is 2.33. The van der Waals surface area contributed by atoms with Crippen LogP contribution in [0.1, 0.15) is 5.56 Å². The molecule has 18 heavy (non-hydrogen) atoms. The highest BCUT2D eigenvalue weighted by atomic mass is 79.9. The molecule has 2 aromatic rings. The monoisotopic (exact) mass is 313 g/mol. The normalized spacial score (nSPS) is 10.4. The van der Waals surface area contributed by atoms with Gasteiger partial charge in [0.2, 0.25) is 0 Å². The molecule has 0 aromatic heterocycles. The van der Waals surface area contributed by atoms with Crippen LogP contribution in [0.15, 0.2) is 40.9 Å². The summed E-state index contributed by atoms with van der Waals surface area (Å²) in [6, 6.07) is 8.78. The molecule has 2 aromatic carbocycles. The fourth-order valence-corrected chi connectivity index (χ4v) is 1.71. The first kappa shape index (κ1) is 12.8. The number of para-hydroxylation sites is 1. The number of halogens is 3. The van der Waals surface area contributed by atoms with E-state index in [4.69, 9.17) is 10.5 Å². The van der Waals surface area contributed by atoms with Crippen molar-refractivity contribution in [1.82, 2.24) is 0 Å². The van der Waals surface area contributed by atoms with Crippen molar-refractivity contribution in [3.63, 3.8) is 0 Å². The zero-order valence-corrected chi connectivity index (χ0v) is 10.9. The zero-order valence-electron chi connectivity index (χ0n) is 9.29. The van der Waals surface area contributed by atoms with Gasteiger partial charge in [-0.1, -0.05) is 12.1 Å². The van der Waals surface area contributed by atoms with Gasteiger partial charge in [-0.3, -0.25) is 0 Å². The Kier molecular flexibility index (Phi) is 3.81. The quantitative estimate of drug-likeness (QED) is 0.873. The maximum atomic E-state index is 13.3. The molecule has 2 N–H and O–H groups in total. The van der Waals surface area contributed by atoms with Crippen molar-refractivity contribution >= 4 is 21.6 Å². The van der Waals surface area contributed by atoms with Gasteiger partial charge in [0.05, 0.1) is 0 Å². The van der Waals surface area contributed by atoms with Gasteiger partial charge in [0.25, 0.3) is 0 Å². The fourth-order valence-electron chi connectivity index (χ4n) is 1.46. The predicted octanol–water partition coefficient (Wildman–Crippen LogP) is 3.89. The number of hydrogen-bond donors (Lipinski definition) is 1. The first-order chi connectivity index (χ1) is 8.58. The van der Waals surface area contributed by atoms with E-state index in [0.717, 1.165) is 22.2 Å². The number of hydrogen-bond acceptors (Lipinski definition) is 2. The van der Waals surface area contributed by atoms with Gasteiger partial charge in [-0.05, 0) is 45.8 Å². The Hall–Kier alpha value is -1.62. The molecule has 0 fully saturated rings. The second-order valence-electron chi connectivity index (χ2n) is 3.70. The first-order valence-electron chi connectivity index (χ1n) is 5.18. The van der Waals surface area contributed by atoms with Crippen molar-refractivity contribution in [2.24, 2.45) is 0 Å². The number of ether oxygens (including phenoxy) is 1. The maximum absolute atomic E-state index is 13.3. The van der Waals surface area contributed by atoms with Crippen LogP contribution in [-0.2, 0) is 6.61 Å². The molecule has 0 amide bonds. The fraction of sp³-hybridized carbons (Fsp3) is 0.0769. The molecule has 0 bridgehead atoms. The summed E-state index contributed by atoms with van der Waals surface area (Å²) in [4.78, 5) is 0. The Morgan fingerprint density at radius 3 is 2.39 bits per heavy atom. The predicted molar refractivity (Wildman–Crippen MR) is 69.2 cm³/mol. The summed E-state index contributed by atoms with van der Waals surface area (Å²) >= 11 is 3.26. The lowest BCUT2D eigenvalue weighted by molar-refractivity contribution is 0.274. The third-order valence-electron chi connectivity index (χ3n) is 2.36. The molecule has 0 saturated heterocycles. The number of anilines is 1. The summed E-state index contributed by atoms with van der Waals surface area (Å²) in [5.41, 5.74) is 6.98. The summed E-state index contributed by atoms with van der Waals surface area (Å²) in [6.07, 6.45) is 0. The Morgan fingerprint density at radius 1 is 1.11 bits per heavy atom. The van der Waals surface area contributed by atoms with Gasteiger partial charge in [0.1, 0.15) is 6.61 Å². The Labute approximate surface area is 112 Å². The van der Waals surface area contributed by atoms with Gasteiger partial charge in [0.15, 0.2) is 17.4 Å². The molecule has 0 saturated carbocycles. The molecule has 0 unspecified atom stereocenters. The molecule has 5 heteroatoms. The van der Waals surface area contributed by atoms with Crippen molar-refractivity contribution in [1.29, 1.82) is 0 Å². The molecule has 0 aliphatic rings. The lowest BCUT2D eigenvalue weighted by Gasteiger charge is -2.09. The maximum Gasteiger partial charge on any atom is 0.191 e. The molecule has 0 aliphatic carbocycles. The highest BCUT2D eigenvalue weighted by Gasteiger charge is 2.09. The van der Waals surface area contributed by atoms with Crippen LogP contribution in [0.25, 0.3) is 0 Å². The van der Waals surface area contributed by atoms with Gasteiger partial charge in [0, 0.05) is 10.2 Å². The van der Waals surface area contributed by atoms with Crippen LogP contribution in [0.4, 0.5) is 14.5 Å². The van der Waals surface area contributed by atoms with E-state index in [1.54, 1.807) is 18.2 Å². The Bertz CT molecular complexity index is 555.